The number of nitrogens with one attached hydrogen (secondary N) is 1. The topological polar surface area (TPSA) is 61.7 Å². The van der Waals surface area contributed by atoms with Crippen LogP contribution >= 0.6 is 0 Å². The SMILES string of the molecule is CCC(CO)(CO)NCc1c(OC)ccc2ccccc12. The largest absolute Gasteiger partial charge is 0.496 e. The maximum atomic E-state index is 9.54. The quantitative estimate of drug-likeness (QED) is 0.730. The van der Waals surface area contributed by atoms with Crippen molar-refractivity contribution in [2.45, 2.75) is 25.4 Å². The van der Waals surface area contributed by atoms with Crippen LogP contribution in [0.5, 0.6) is 5.75 Å². The Morgan fingerprint density at radius 1 is 1.10 bits per heavy atom. The number of methoxy groups -OCH3 is 1. The number of aliphatic hydroxyl groups excluding tert-OH is 2. The van der Waals surface area contributed by atoms with Crippen LogP contribution in [0.15, 0.2) is 36.4 Å². The van der Waals surface area contributed by atoms with Crippen molar-refractivity contribution in [3.05, 3.63) is 42.0 Å². The van der Waals surface area contributed by atoms with Gasteiger partial charge < -0.3 is 20.3 Å². The molecule has 0 radical (unpaired) electrons. The molecule has 2 aromatic carbocycles. The number of aliphatic hydroxyl groups is 2. The Bertz CT molecular complexity index is 585. The highest BCUT2D eigenvalue weighted by Crippen LogP contribution is 2.28. The van der Waals surface area contributed by atoms with Gasteiger partial charge in [-0.3, -0.25) is 0 Å². The van der Waals surface area contributed by atoms with Crippen molar-refractivity contribution < 1.29 is 14.9 Å². The van der Waals surface area contributed by atoms with Crippen LogP contribution in [0.3, 0.4) is 0 Å². The number of ether oxygens (including phenoxy) is 1. The lowest BCUT2D eigenvalue weighted by molar-refractivity contribution is 0.0863. The number of rotatable bonds is 7. The van der Waals surface area contributed by atoms with Gasteiger partial charge in [0.15, 0.2) is 0 Å². The van der Waals surface area contributed by atoms with Gasteiger partial charge in [0, 0.05) is 12.1 Å². The van der Waals surface area contributed by atoms with Gasteiger partial charge in [0.1, 0.15) is 5.75 Å². The molecule has 0 aliphatic carbocycles. The molecular formula is C17H23NO3. The maximum absolute atomic E-state index is 9.54. The van der Waals surface area contributed by atoms with E-state index in [-0.39, 0.29) is 13.2 Å². The van der Waals surface area contributed by atoms with E-state index in [0.717, 1.165) is 22.1 Å². The first-order chi connectivity index (χ1) is 10.2. The van der Waals surface area contributed by atoms with Crippen molar-refractivity contribution in [2.24, 2.45) is 0 Å². The predicted octanol–water partition coefficient (Wildman–Crippen LogP) is 2.07. The first-order valence-corrected chi connectivity index (χ1v) is 7.21. The molecule has 2 rings (SSSR count). The van der Waals surface area contributed by atoms with Crippen LogP contribution < -0.4 is 10.1 Å². The van der Waals surface area contributed by atoms with Crippen LogP contribution in [0.1, 0.15) is 18.9 Å². The standard InChI is InChI=1S/C17H23NO3/c1-3-17(11-19,12-20)18-10-15-14-7-5-4-6-13(14)8-9-16(15)21-2/h4-9,18-20H,3,10-12H2,1-2H3. The first kappa shape index (κ1) is 15.8. The first-order valence-electron chi connectivity index (χ1n) is 7.21. The molecule has 3 N–H and O–H groups in total. The molecule has 0 unspecified atom stereocenters. The summed E-state index contributed by atoms with van der Waals surface area (Å²) in [5, 5.41) is 24.6. The van der Waals surface area contributed by atoms with Crippen molar-refractivity contribution in [2.75, 3.05) is 20.3 Å². The summed E-state index contributed by atoms with van der Waals surface area (Å²) in [5.74, 6) is 0.807. The zero-order chi connectivity index (χ0) is 15.3. The van der Waals surface area contributed by atoms with Crippen LogP contribution in [0, 0.1) is 0 Å². The Labute approximate surface area is 125 Å². The van der Waals surface area contributed by atoms with E-state index < -0.39 is 5.54 Å². The number of hydrogen-bond donors (Lipinski definition) is 3. The molecule has 4 nitrogen and oxygen atoms in total. The summed E-state index contributed by atoms with van der Waals surface area (Å²) >= 11 is 0. The smallest absolute Gasteiger partial charge is 0.123 e. The van der Waals surface area contributed by atoms with E-state index in [4.69, 9.17) is 4.74 Å². The third kappa shape index (κ3) is 3.18. The van der Waals surface area contributed by atoms with Crippen LogP contribution in [0.25, 0.3) is 10.8 Å². The molecule has 0 bridgehead atoms. The van der Waals surface area contributed by atoms with Gasteiger partial charge in [-0.1, -0.05) is 37.3 Å². The van der Waals surface area contributed by atoms with Gasteiger partial charge in [-0.25, -0.2) is 0 Å². The average molecular weight is 289 g/mol. The summed E-state index contributed by atoms with van der Waals surface area (Å²) in [6.45, 7) is 2.26. The van der Waals surface area contributed by atoms with Crippen molar-refractivity contribution in [3.63, 3.8) is 0 Å². The van der Waals surface area contributed by atoms with E-state index in [2.05, 4.69) is 17.4 Å². The third-order valence-corrected chi connectivity index (χ3v) is 4.14. The summed E-state index contributed by atoms with van der Waals surface area (Å²) < 4.78 is 5.45. The molecule has 0 saturated heterocycles. The molecule has 0 aromatic heterocycles. The Balaban J connectivity index is 2.36. The normalized spacial score (nSPS) is 11.8. The molecule has 0 aliphatic rings. The molecule has 0 fully saturated rings. The second-order valence-electron chi connectivity index (χ2n) is 5.27. The molecule has 2 aromatic rings. The minimum atomic E-state index is -0.665. The molecule has 0 heterocycles. The van der Waals surface area contributed by atoms with Crippen molar-refractivity contribution in [3.8, 4) is 5.75 Å². The minimum Gasteiger partial charge on any atom is -0.496 e. The van der Waals surface area contributed by atoms with Crippen molar-refractivity contribution in [1.29, 1.82) is 0 Å². The van der Waals surface area contributed by atoms with Gasteiger partial charge in [-0.05, 0) is 23.3 Å². The summed E-state index contributed by atoms with van der Waals surface area (Å²) in [4.78, 5) is 0. The van der Waals surface area contributed by atoms with Gasteiger partial charge in [0.05, 0.1) is 25.9 Å². The van der Waals surface area contributed by atoms with Gasteiger partial charge in [-0.2, -0.15) is 0 Å². The van der Waals surface area contributed by atoms with Gasteiger partial charge in [0.25, 0.3) is 0 Å². The summed E-state index contributed by atoms with van der Waals surface area (Å²) in [5.41, 5.74) is 0.373. The highest BCUT2D eigenvalue weighted by Gasteiger charge is 2.26. The van der Waals surface area contributed by atoms with E-state index in [0.29, 0.717) is 13.0 Å². The number of fused-ring (bicyclic) bond motifs is 1. The maximum Gasteiger partial charge on any atom is 0.123 e. The van der Waals surface area contributed by atoms with E-state index in [1.54, 1.807) is 7.11 Å². The minimum absolute atomic E-state index is 0.104. The lowest BCUT2D eigenvalue weighted by atomic mass is 9.97. The zero-order valence-electron chi connectivity index (χ0n) is 12.6. The van der Waals surface area contributed by atoms with Crippen molar-refractivity contribution >= 4 is 10.8 Å². The summed E-state index contributed by atoms with van der Waals surface area (Å²) in [6.07, 6.45) is 0.646. The molecule has 21 heavy (non-hydrogen) atoms. The van der Waals surface area contributed by atoms with Crippen LogP contribution in [-0.2, 0) is 6.54 Å². The monoisotopic (exact) mass is 289 g/mol. The fourth-order valence-electron chi connectivity index (χ4n) is 2.48. The second kappa shape index (κ2) is 6.89. The third-order valence-electron chi connectivity index (χ3n) is 4.14. The highest BCUT2D eigenvalue weighted by molar-refractivity contribution is 5.87. The van der Waals surface area contributed by atoms with Gasteiger partial charge in [0.2, 0.25) is 0 Å². The summed E-state index contributed by atoms with van der Waals surface area (Å²) in [6, 6.07) is 12.1. The van der Waals surface area contributed by atoms with Crippen LogP contribution in [0.4, 0.5) is 0 Å². The molecule has 0 amide bonds. The van der Waals surface area contributed by atoms with Crippen LogP contribution in [0.2, 0.25) is 0 Å². The molecule has 114 valence electrons. The van der Waals surface area contributed by atoms with Gasteiger partial charge in [-0.15, -0.1) is 0 Å². The Kier molecular flexibility index (Phi) is 5.17. The Morgan fingerprint density at radius 2 is 1.81 bits per heavy atom. The average Bonchev–Trinajstić information content (AvgIpc) is 2.56. The molecule has 0 saturated carbocycles. The molecular weight excluding hydrogens is 266 g/mol. The Morgan fingerprint density at radius 3 is 2.43 bits per heavy atom. The zero-order valence-corrected chi connectivity index (χ0v) is 12.6. The molecule has 4 heteroatoms. The molecule has 0 aliphatic heterocycles. The fourth-order valence-corrected chi connectivity index (χ4v) is 2.48. The van der Waals surface area contributed by atoms with E-state index in [1.165, 1.54) is 0 Å². The summed E-state index contributed by atoms with van der Waals surface area (Å²) in [7, 11) is 1.65. The van der Waals surface area contributed by atoms with E-state index >= 15 is 0 Å². The number of benzene rings is 2. The second-order valence-corrected chi connectivity index (χ2v) is 5.27. The van der Waals surface area contributed by atoms with Gasteiger partial charge >= 0.3 is 0 Å². The van der Waals surface area contributed by atoms with Crippen LogP contribution in [-0.4, -0.2) is 36.1 Å². The number of hydrogen-bond acceptors (Lipinski definition) is 4. The lowest BCUT2D eigenvalue weighted by Crippen LogP contribution is -2.50. The van der Waals surface area contributed by atoms with E-state index in [9.17, 15) is 10.2 Å². The van der Waals surface area contributed by atoms with Crippen molar-refractivity contribution in [1.82, 2.24) is 5.32 Å². The molecule has 0 atom stereocenters. The fraction of sp³-hybridized carbons (Fsp3) is 0.412. The Hall–Kier alpha value is -1.62. The lowest BCUT2D eigenvalue weighted by Gasteiger charge is -2.30. The highest BCUT2D eigenvalue weighted by atomic mass is 16.5. The predicted molar refractivity (Wildman–Crippen MR) is 84.5 cm³/mol. The molecule has 0 spiro atoms. The van der Waals surface area contributed by atoms with E-state index in [1.807, 2.05) is 31.2 Å².